The van der Waals surface area contributed by atoms with Gasteiger partial charge in [-0.25, -0.2) is 4.79 Å². The van der Waals surface area contributed by atoms with Crippen LogP contribution in [0, 0.1) is 0 Å². The molecule has 1 N–H and O–H groups in total. The van der Waals surface area contributed by atoms with E-state index in [9.17, 15) is 14.4 Å². The predicted molar refractivity (Wildman–Crippen MR) is 135 cm³/mol. The van der Waals surface area contributed by atoms with Crippen LogP contribution in [-0.4, -0.2) is 59.5 Å². The molecule has 2 heterocycles. The van der Waals surface area contributed by atoms with Crippen LogP contribution in [0.15, 0.2) is 54.6 Å². The first kappa shape index (κ1) is 22.9. The topological polar surface area (TPSA) is 79.0 Å². The monoisotopic (exact) mass is 471 g/mol. The number of carbonyl (C=O) groups excluding carboxylic acids is 3. The molecule has 2 aliphatic rings. The third-order valence-corrected chi connectivity index (χ3v) is 6.44. The van der Waals surface area contributed by atoms with Crippen molar-refractivity contribution in [3.63, 3.8) is 0 Å². The second-order valence-electron chi connectivity index (χ2n) is 10.1. The molecule has 2 aliphatic heterocycles. The summed E-state index contributed by atoms with van der Waals surface area (Å²) in [6.45, 7) is 7.41. The largest absolute Gasteiger partial charge is 0.444 e. The summed E-state index contributed by atoms with van der Waals surface area (Å²) < 4.78 is 5.43. The molecule has 0 bridgehead atoms. The number of hydrogen-bond acceptors (Lipinski definition) is 4. The van der Waals surface area contributed by atoms with Crippen LogP contribution in [0.3, 0.4) is 0 Å². The quantitative estimate of drug-likeness (QED) is 0.601. The molecule has 3 amide bonds. The minimum absolute atomic E-state index is 0.0321. The van der Waals surface area contributed by atoms with Gasteiger partial charge in [0.1, 0.15) is 5.60 Å². The highest BCUT2D eigenvalue weighted by Gasteiger charge is 2.28. The number of benzene rings is 3. The van der Waals surface area contributed by atoms with Crippen LogP contribution in [0.4, 0.5) is 10.5 Å². The van der Waals surface area contributed by atoms with Gasteiger partial charge in [0.05, 0.1) is 0 Å². The van der Waals surface area contributed by atoms with Gasteiger partial charge < -0.3 is 19.9 Å². The van der Waals surface area contributed by atoms with Crippen molar-refractivity contribution in [1.82, 2.24) is 9.80 Å². The maximum atomic E-state index is 13.0. The van der Waals surface area contributed by atoms with Crippen molar-refractivity contribution in [2.45, 2.75) is 32.8 Å². The van der Waals surface area contributed by atoms with Gasteiger partial charge in [-0.1, -0.05) is 30.3 Å². The molecular formula is C28H29N3O4. The Morgan fingerprint density at radius 1 is 0.914 bits per heavy atom. The fraction of sp³-hybridized carbons (Fsp3) is 0.321. The molecule has 0 aromatic heterocycles. The number of hydrogen-bond donors (Lipinski definition) is 1. The summed E-state index contributed by atoms with van der Waals surface area (Å²) in [7, 11) is 0. The zero-order valence-corrected chi connectivity index (χ0v) is 20.3. The maximum Gasteiger partial charge on any atom is 0.410 e. The van der Waals surface area contributed by atoms with Gasteiger partial charge >= 0.3 is 6.09 Å². The van der Waals surface area contributed by atoms with E-state index in [1.807, 2.05) is 69.3 Å². The highest BCUT2D eigenvalue weighted by Crippen LogP contribution is 2.35. The zero-order valence-electron chi connectivity index (χ0n) is 20.3. The number of amides is 3. The molecule has 3 aromatic carbocycles. The van der Waals surface area contributed by atoms with Gasteiger partial charge in [-0.2, -0.15) is 0 Å². The van der Waals surface area contributed by atoms with Crippen molar-refractivity contribution >= 4 is 34.4 Å². The normalized spacial score (nSPS) is 15.3. The molecule has 0 aliphatic carbocycles. The summed E-state index contributed by atoms with van der Waals surface area (Å²) in [6, 6.07) is 17.5. The lowest BCUT2D eigenvalue weighted by atomic mass is 9.95. The SMILES string of the molecule is CC(C)(C)OC(=O)N1CCN(C(=O)c2ccc(Cc3ccc4c5c(cccc35)C(=O)N4)cc2)CC1. The molecule has 7 nitrogen and oxygen atoms in total. The van der Waals surface area contributed by atoms with Crippen LogP contribution in [0.2, 0.25) is 0 Å². The Morgan fingerprint density at radius 3 is 2.29 bits per heavy atom. The van der Waals surface area contributed by atoms with E-state index in [1.54, 1.807) is 9.80 Å². The standard InChI is InChI=1S/C28H29N3O4/c1-28(2,3)35-27(34)31-15-13-30(14-16-31)26(33)19-9-7-18(8-10-19)17-20-11-12-23-24-21(20)5-4-6-22(24)25(32)29-23/h4-12H,13-17H2,1-3H3,(H,29,32). The molecular weight excluding hydrogens is 442 g/mol. The first-order valence-electron chi connectivity index (χ1n) is 11.9. The van der Waals surface area contributed by atoms with E-state index in [-0.39, 0.29) is 17.9 Å². The number of ether oxygens (including phenoxy) is 1. The minimum Gasteiger partial charge on any atom is -0.444 e. The summed E-state index contributed by atoms with van der Waals surface area (Å²) >= 11 is 0. The summed E-state index contributed by atoms with van der Waals surface area (Å²) in [5, 5.41) is 4.97. The number of nitrogens with one attached hydrogen (secondary N) is 1. The second kappa shape index (κ2) is 8.73. The average molecular weight is 472 g/mol. The second-order valence-corrected chi connectivity index (χ2v) is 10.1. The van der Waals surface area contributed by atoms with Crippen molar-refractivity contribution in [2.75, 3.05) is 31.5 Å². The first-order chi connectivity index (χ1) is 16.7. The van der Waals surface area contributed by atoms with E-state index >= 15 is 0 Å². The van der Waals surface area contributed by atoms with E-state index in [0.717, 1.165) is 27.6 Å². The van der Waals surface area contributed by atoms with Crippen molar-refractivity contribution in [3.05, 3.63) is 76.9 Å². The van der Waals surface area contributed by atoms with Gasteiger partial charge in [-0.05, 0) is 68.0 Å². The zero-order chi connectivity index (χ0) is 24.7. The van der Waals surface area contributed by atoms with Gasteiger partial charge in [0.15, 0.2) is 0 Å². The molecule has 3 aromatic rings. The van der Waals surface area contributed by atoms with Crippen molar-refractivity contribution in [1.29, 1.82) is 0 Å². The summed E-state index contributed by atoms with van der Waals surface area (Å²) in [5.74, 6) is -0.0899. The van der Waals surface area contributed by atoms with E-state index < -0.39 is 5.60 Å². The predicted octanol–water partition coefficient (Wildman–Crippen LogP) is 4.69. The van der Waals surface area contributed by atoms with E-state index in [0.29, 0.717) is 43.7 Å². The first-order valence-corrected chi connectivity index (χ1v) is 11.9. The van der Waals surface area contributed by atoms with E-state index in [4.69, 9.17) is 4.74 Å². The lowest BCUT2D eigenvalue weighted by Crippen LogP contribution is -2.51. The third kappa shape index (κ3) is 4.58. The maximum absolute atomic E-state index is 13.0. The van der Waals surface area contributed by atoms with Crippen LogP contribution >= 0.6 is 0 Å². The Labute approximate surface area is 204 Å². The summed E-state index contributed by atoms with van der Waals surface area (Å²) in [5.41, 5.74) is 3.90. The average Bonchev–Trinajstić information content (AvgIpc) is 3.17. The van der Waals surface area contributed by atoms with Crippen LogP contribution in [0.5, 0.6) is 0 Å². The Balaban J connectivity index is 1.24. The number of rotatable bonds is 3. The molecule has 0 radical (unpaired) electrons. The number of carbonyl (C=O) groups is 3. The van der Waals surface area contributed by atoms with Crippen molar-refractivity contribution in [3.8, 4) is 0 Å². The molecule has 0 unspecified atom stereocenters. The molecule has 1 fully saturated rings. The lowest BCUT2D eigenvalue weighted by molar-refractivity contribution is 0.0141. The molecule has 5 rings (SSSR count). The Bertz CT molecular complexity index is 1320. The van der Waals surface area contributed by atoms with Gasteiger partial charge in [0, 0.05) is 48.4 Å². The molecule has 180 valence electrons. The molecule has 7 heteroatoms. The molecule has 0 atom stereocenters. The van der Waals surface area contributed by atoms with Crippen molar-refractivity contribution in [2.24, 2.45) is 0 Å². The minimum atomic E-state index is -0.535. The third-order valence-electron chi connectivity index (χ3n) is 6.44. The Hall–Kier alpha value is -3.87. The van der Waals surface area contributed by atoms with Crippen LogP contribution in [-0.2, 0) is 11.2 Å². The van der Waals surface area contributed by atoms with Crippen LogP contribution < -0.4 is 5.32 Å². The highest BCUT2D eigenvalue weighted by atomic mass is 16.6. The van der Waals surface area contributed by atoms with Crippen LogP contribution in [0.1, 0.15) is 52.6 Å². The van der Waals surface area contributed by atoms with Gasteiger partial charge in [-0.15, -0.1) is 0 Å². The summed E-state index contributed by atoms with van der Waals surface area (Å²) in [6.07, 6.45) is 0.370. The van der Waals surface area contributed by atoms with Gasteiger partial charge in [-0.3, -0.25) is 9.59 Å². The fourth-order valence-electron chi connectivity index (χ4n) is 4.69. The number of nitrogens with zero attached hydrogens (tertiary/aromatic N) is 2. The lowest BCUT2D eigenvalue weighted by Gasteiger charge is -2.35. The fourth-order valence-corrected chi connectivity index (χ4v) is 4.69. The van der Waals surface area contributed by atoms with E-state index in [1.165, 1.54) is 0 Å². The molecule has 0 spiro atoms. The molecule has 35 heavy (non-hydrogen) atoms. The van der Waals surface area contributed by atoms with E-state index in [2.05, 4.69) is 11.4 Å². The van der Waals surface area contributed by atoms with Crippen molar-refractivity contribution < 1.29 is 19.1 Å². The Kier molecular flexibility index (Phi) is 5.71. The highest BCUT2D eigenvalue weighted by molar-refractivity contribution is 6.24. The molecule has 0 saturated carbocycles. The number of piperazine rings is 1. The summed E-state index contributed by atoms with van der Waals surface area (Å²) in [4.78, 5) is 40.9. The van der Waals surface area contributed by atoms with Crippen LogP contribution in [0.25, 0.3) is 10.8 Å². The Morgan fingerprint density at radius 2 is 1.60 bits per heavy atom. The molecule has 1 saturated heterocycles. The van der Waals surface area contributed by atoms with Gasteiger partial charge in [0.25, 0.3) is 11.8 Å². The number of anilines is 1. The van der Waals surface area contributed by atoms with Gasteiger partial charge in [0.2, 0.25) is 0 Å². The smallest absolute Gasteiger partial charge is 0.410 e.